The van der Waals surface area contributed by atoms with Crippen LogP contribution in [0, 0.1) is 17.8 Å². The number of amides is 1. The second kappa shape index (κ2) is 8.41. The van der Waals surface area contributed by atoms with Gasteiger partial charge in [0.25, 0.3) is 11.8 Å². The molecular weight excluding hydrogens is 422 g/mol. The lowest BCUT2D eigenvalue weighted by atomic mass is 9.53. The fourth-order valence-corrected chi connectivity index (χ4v) is 7.74. The lowest BCUT2D eigenvalue weighted by Gasteiger charge is -2.56. The van der Waals surface area contributed by atoms with Crippen LogP contribution in [0.1, 0.15) is 61.9 Å². The summed E-state index contributed by atoms with van der Waals surface area (Å²) in [7, 11) is 0. The van der Waals surface area contributed by atoms with Gasteiger partial charge in [-0.2, -0.15) is 0 Å². The number of carbonyl (C=O) groups excluding carboxylic acids is 1. The SMILES string of the molecule is O=C(NC12CC3CC(CC(C3)C1)C2)c1onc(OC2CCNCC2)c1Sc1ccccc1. The first-order chi connectivity index (χ1) is 15.7. The quantitative estimate of drug-likeness (QED) is 0.663. The average molecular weight is 454 g/mol. The van der Waals surface area contributed by atoms with E-state index in [9.17, 15) is 4.79 Å². The molecule has 2 N–H and O–H groups in total. The summed E-state index contributed by atoms with van der Waals surface area (Å²) in [4.78, 5) is 15.3. The van der Waals surface area contributed by atoms with E-state index in [-0.39, 0.29) is 17.6 Å². The van der Waals surface area contributed by atoms with Crippen LogP contribution in [0.5, 0.6) is 5.88 Å². The molecule has 7 rings (SSSR count). The number of hydrogen-bond acceptors (Lipinski definition) is 6. The van der Waals surface area contributed by atoms with Gasteiger partial charge in [0.1, 0.15) is 11.0 Å². The van der Waals surface area contributed by atoms with Crippen molar-refractivity contribution in [2.24, 2.45) is 17.8 Å². The zero-order chi connectivity index (χ0) is 21.5. The lowest BCUT2D eigenvalue weighted by Crippen LogP contribution is -2.59. The minimum Gasteiger partial charge on any atom is -0.471 e. The summed E-state index contributed by atoms with van der Waals surface area (Å²) >= 11 is 1.50. The van der Waals surface area contributed by atoms with E-state index in [4.69, 9.17) is 9.26 Å². The maximum absolute atomic E-state index is 13.5. The van der Waals surface area contributed by atoms with Crippen molar-refractivity contribution in [2.75, 3.05) is 13.1 Å². The van der Waals surface area contributed by atoms with E-state index in [0.717, 1.165) is 67.8 Å². The van der Waals surface area contributed by atoms with Gasteiger partial charge in [-0.15, -0.1) is 0 Å². The van der Waals surface area contributed by atoms with E-state index in [1.165, 1.54) is 31.0 Å². The molecule has 6 nitrogen and oxygen atoms in total. The molecule has 4 aliphatic carbocycles. The topological polar surface area (TPSA) is 76.4 Å². The number of nitrogens with one attached hydrogen (secondary N) is 2. The predicted octanol–water partition coefficient (Wildman–Crippen LogP) is 4.66. The largest absolute Gasteiger partial charge is 0.471 e. The van der Waals surface area contributed by atoms with E-state index >= 15 is 0 Å². The molecule has 2 aromatic rings. The Morgan fingerprint density at radius 2 is 1.72 bits per heavy atom. The van der Waals surface area contributed by atoms with Gasteiger partial charge >= 0.3 is 0 Å². The predicted molar refractivity (Wildman–Crippen MR) is 122 cm³/mol. The first kappa shape index (κ1) is 20.6. The van der Waals surface area contributed by atoms with Gasteiger partial charge in [0.2, 0.25) is 5.76 Å². The number of benzene rings is 1. The summed E-state index contributed by atoms with van der Waals surface area (Å²) < 4.78 is 11.9. The van der Waals surface area contributed by atoms with Crippen LogP contribution in [-0.2, 0) is 0 Å². The zero-order valence-electron chi connectivity index (χ0n) is 18.3. The third-order valence-corrected chi connectivity index (χ3v) is 8.84. The molecular formula is C25H31N3O3S. The third-order valence-electron chi connectivity index (χ3n) is 7.77. The second-order valence-electron chi connectivity index (χ2n) is 10.3. The number of ether oxygens (including phenoxy) is 1. The standard InChI is InChI=1S/C25H31N3O3S/c29-23(27-25-13-16-10-17(14-25)12-18(11-16)15-25)21-22(32-20-4-2-1-3-5-20)24(28-31-21)30-19-6-8-26-9-7-19/h1-5,16-19,26H,6-15H2,(H,27,29). The molecule has 1 aliphatic heterocycles. The molecule has 1 saturated heterocycles. The summed E-state index contributed by atoms with van der Waals surface area (Å²) in [6.45, 7) is 1.87. The van der Waals surface area contributed by atoms with Gasteiger partial charge in [-0.05, 0) is 99.5 Å². The van der Waals surface area contributed by atoms with Crippen molar-refractivity contribution in [3.05, 3.63) is 36.1 Å². The smallest absolute Gasteiger partial charge is 0.291 e. The van der Waals surface area contributed by atoms with Crippen LogP contribution in [0.2, 0.25) is 0 Å². The number of nitrogens with zero attached hydrogens (tertiary/aromatic N) is 1. The highest BCUT2D eigenvalue weighted by atomic mass is 32.2. The number of rotatable bonds is 6. The van der Waals surface area contributed by atoms with Crippen LogP contribution < -0.4 is 15.4 Å². The number of hydrogen-bond donors (Lipinski definition) is 2. The Morgan fingerprint density at radius 1 is 1.06 bits per heavy atom. The van der Waals surface area contributed by atoms with Gasteiger partial charge < -0.3 is 19.9 Å². The van der Waals surface area contributed by atoms with Gasteiger partial charge in [-0.1, -0.05) is 30.0 Å². The highest BCUT2D eigenvalue weighted by Gasteiger charge is 2.52. The molecule has 5 fully saturated rings. The fraction of sp³-hybridized carbons (Fsp3) is 0.600. The summed E-state index contributed by atoms with van der Waals surface area (Å²) in [6.07, 6.45) is 9.32. The minimum atomic E-state index is -0.141. The van der Waals surface area contributed by atoms with Crippen molar-refractivity contribution in [2.45, 2.75) is 72.8 Å². The van der Waals surface area contributed by atoms with Crippen molar-refractivity contribution < 1.29 is 14.1 Å². The molecule has 7 heteroatoms. The molecule has 0 spiro atoms. The van der Waals surface area contributed by atoms with Crippen LogP contribution in [0.4, 0.5) is 0 Å². The molecule has 0 radical (unpaired) electrons. The molecule has 32 heavy (non-hydrogen) atoms. The van der Waals surface area contributed by atoms with E-state index in [0.29, 0.717) is 16.5 Å². The van der Waals surface area contributed by atoms with Crippen LogP contribution in [-0.4, -0.2) is 35.8 Å². The number of aromatic nitrogens is 1. The molecule has 5 aliphatic rings. The Morgan fingerprint density at radius 3 is 2.38 bits per heavy atom. The first-order valence-electron chi connectivity index (χ1n) is 12.1. The van der Waals surface area contributed by atoms with Crippen LogP contribution >= 0.6 is 11.8 Å². The molecule has 170 valence electrons. The van der Waals surface area contributed by atoms with E-state index in [1.54, 1.807) is 0 Å². The summed E-state index contributed by atoms with van der Waals surface area (Å²) in [6, 6.07) is 10.1. The molecule has 1 aromatic heterocycles. The molecule has 0 atom stereocenters. The molecule has 4 bridgehead atoms. The Kier molecular flexibility index (Phi) is 5.42. The summed E-state index contributed by atoms with van der Waals surface area (Å²) in [5, 5.41) is 11.0. The first-order valence-corrected chi connectivity index (χ1v) is 12.9. The number of carbonyl (C=O) groups is 1. The van der Waals surface area contributed by atoms with Gasteiger partial charge in [-0.25, -0.2) is 0 Å². The second-order valence-corrected chi connectivity index (χ2v) is 11.4. The molecule has 4 saturated carbocycles. The summed E-state index contributed by atoms with van der Waals surface area (Å²) in [5.74, 6) is 2.91. The maximum Gasteiger partial charge on any atom is 0.291 e. The van der Waals surface area contributed by atoms with Gasteiger partial charge in [-0.3, -0.25) is 4.79 Å². The monoisotopic (exact) mass is 453 g/mol. The molecule has 1 aromatic carbocycles. The van der Waals surface area contributed by atoms with Crippen molar-refractivity contribution in [3.8, 4) is 5.88 Å². The Bertz CT molecular complexity index is 935. The van der Waals surface area contributed by atoms with Gasteiger partial charge in [0.05, 0.1) is 0 Å². The average Bonchev–Trinajstić information content (AvgIpc) is 3.16. The van der Waals surface area contributed by atoms with Crippen molar-refractivity contribution in [3.63, 3.8) is 0 Å². The number of piperidine rings is 1. The van der Waals surface area contributed by atoms with Crippen molar-refractivity contribution in [1.29, 1.82) is 0 Å². The Hall–Kier alpha value is -1.99. The van der Waals surface area contributed by atoms with Crippen LogP contribution in [0.25, 0.3) is 0 Å². The van der Waals surface area contributed by atoms with Crippen molar-refractivity contribution >= 4 is 17.7 Å². The third kappa shape index (κ3) is 4.05. The molecule has 2 heterocycles. The Labute approximate surface area is 193 Å². The van der Waals surface area contributed by atoms with E-state index in [1.807, 2.05) is 30.3 Å². The van der Waals surface area contributed by atoms with Gasteiger partial charge in [0.15, 0.2) is 0 Å². The zero-order valence-corrected chi connectivity index (χ0v) is 19.2. The lowest BCUT2D eigenvalue weighted by molar-refractivity contribution is -0.0173. The normalized spacial score (nSPS) is 31.6. The highest BCUT2D eigenvalue weighted by Crippen LogP contribution is 2.55. The Balaban J connectivity index is 1.26. The van der Waals surface area contributed by atoms with Crippen LogP contribution in [0.15, 0.2) is 44.6 Å². The van der Waals surface area contributed by atoms with Crippen LogP contribution in [0.3, 0.4) is 0 Å². The van der Waals surface area contributed by atoms with E-state index < -0.39 is 0 Å². The maximum atomic E-state index is 13.5. The summed E-state index contributed by atoms with van der Waals surface area (Å²) in [5.41, 5.74) is -0.0661. The molecule has 1 amide bonds. The fourth-order valence-electron chi connectivity index (χ4n) is 6.82. The van der Waals surface area contributed by atoms with E-state index in [2.05, 4.69) is 15.8 Å². The van der Waals surface area contributed by atoms with Crippen molar-refractivity contribution in [1.82, 2.24) is 15.8 Å². The molecule has 0 unspecified atom stereocenters. The highest BCUT2D eigenvalue weighted by molar-refractivity contribution is 7.99. The minimum absolute atomic E-state index is 0.0661. The van der Waals surface area contributed by atoms with Gasteiger partial charge in [0, 0.05) is 10.4 Å².